The third-order valence-electron chi connectivity index (χ3n) is 4.32. The summed E-state index contributed by atoms with van der Waals surface area (Å²) < 4.78 is 36.3. The van der Waals surface area contributed by atoms with Crippen LogP contribution >= 0.6 is 0 Å². The number of hydrogen-bond donors (Lipinski definition) is 1. The normalized spacial score (nSPS) is 18.0. The van der Waals surface area contributed by atoms with Gasteiger partial charge in [0.15, 0.2) is 9.84 Å². The van der Waals surface area contributed by atoms with E-state index in [0.29, 0.717) is 13.1 Å². The summed E-state index contributed by atoms with van der Waals surface area (Å²) in [6, 6.07) is 6.84. The molecule has 1 fully saturated rings. The molecule has 0 unspecified atom stereocenters. The number of halogens is 1. The highest BCUT2D eigenvalue weighted by Crippen LogP contribution is 2.48. The average molecular weight is 299 g/mol. The second-order valence-electron chi connectivity index (χ2n) is 6.40. The van der Waals surface area contributed by atoms with Gasteiger partial charge in [-0.3, -0.25) is 0 Å². The van der Waals surface area contributed by atoms with Crippen molar-refractivity contribution in [2.24, 2.45) is 0 Å². The Bertz CT molecular complexity index is 592. The molecular formula is C15H22FNO2S. The van der Waals surface area contributed by atoms with Gasteiger partial charge in [0.05, 0.1) is 4.75 Å². The third-order valence-corrected chi connectivity index (χ3v) is 6.47. The van der Waals surface area contributed by atoms with E-state index in [4.69, 9.17) is 0 Å². The number of rotatable bonds is 6. The van der Waals surface area contributed by atoms with Crippen LogP contribution < -0.4 is 5.32 Å². The molecule has 3 nitrogen and oxygen atoms in total. The minimum absolute atomic E-state index is 0.154. The van der Waals surface area contributed by atoms with Crippen molar-refractivity contribution in [1.29, 1.82) is 0 Å². The summed E-state index contributed by atoms with van der Waals surface area (Å²) in [5.41, 5.74) is 0.587. The van der Waals surface area contributed by atoms with Crippen LogP contribution in [0.25, 0.3) is 0 Å². The molecule has 112 valence electrons. The maximum Gasteiger partial charge on any atom is 0.153 e. The lowest BCUT2D eigenvalue weighted by Gasteiger charge is -2.25. The summed E-state index contributed by atoms with van der Waals surface area (Å²) in [6.45, 7) is 4.41. The first kappa shape index (κ1) is 15.4. The van der Waals surface area contributed by atoms with Gasteiger partial charge < -0.3 is 5.32 Å². The zero-order chi connectivity index (χ0) is 15.0. The lowest BCUT2D eigenvalue weighted by molar-refractivity contribution is 0.487. The average Bonchev–Trinajstić information content (AvgIpc) is 3.09. The van der Waals surface area contributed by atoms with Gasteiger partial charge >= 0.3 is 0 Å². The Labute approximate surface area is 120 Å². The van der Waals surface area contributed by atoms with Crippen LogP contribution in [0, 0.1) is 5.82 Å². The van der Waals surface area contributed by atoms with Crippen molar-refractivity contribution in [3.63, 3.8) is 0 Å². The predicted octanol–water partition coefficient (Wildman–Crippen LogP) is 2.27. The number of sulfone groups is 1. The first-order valence-electron chi connectivity index (χ1n) is 6.83. The summed E-state index contributed by atoms with van der Waals surface area (Å²) in [5, 5.41) is 3.21. The molecule has 1 aliphatic rings. The fourth-order valence-corrected chi connectivity index (χ4v) is 2.68. The Balaban J connectivity index is 2.00. The maximum atomic E-state index is 13.9. The van der Waals surface area contributed by atoms with Crippen LogP contribution in [0.3, 0.4) is 0 Å². The fourth-order valence-electron chi connectivity index (χ4n) is 2.32. The highest BCUT2D eigenvalue weighted by molar-refractivity contribution is 7.92. The molecule has 0 saturated heterocycles. The van der Waals surface area contributed by atoms with E-state index in [-0.39, 0.29) is 11.2 Å². The minimum Gasteiger partial charge on any atom is -0.314 e. The van der Waals surface area contributed by atoms with E-state index in [0.717, 1.165) is 18.4 Å². The third kappa shape index (κ3) is 3.04. The van der Waals surface area contributed by atoms with Crippen LogP contribution in [0.4, 0.5) is 4.39 Å². The number of nitrogens with one attached hydrogen (secondary N) is 1. The first-order chi connectivity index (χ1) is 9.18. The summed E-state index contributed by atoms with van der Waals surface area (Å²) in [4.78, 5) is 0. The van der Waals surface area contributed by atoms with Gasteiger partial charge in [-0.25, -0.2) is 12.8 Å². The molecule has 20 heavy (non-hydrogen) atoms. The number of hydrogen-bond acceptors (Lipinski definition) is 3. The molecule has 0 atom stereocenters. The molecule has 0 bridgehead atoms. The topological polar surface area (TPSA) is 46.2 Å². The minimum atomic E-state index is -3.11. The highest BCUT2D eigenvalue weighted by atomic mass is 32.2. The smallest absolute Gasteiger partial charge is 0.153 e. The molecular weight excluding hydrogens is 277 g/mol. The van der Waals surface area contributed by atoms with Gasteiger partial charge in [0.25, 0.3) is 0 Å². The van der Waals surface area contributed by atoms with Gasteiger partial charge in [-0.15, -0.1) is 0 Å². The Morgan fingerprint density at radius 2 is 1.90 bits per heavy atom. The second kappa shape index (κ2) is 5.11. The Kier molecular flexibility index (Phi) is 3.95. The van der Waals surface area contributed by atoms with Crippen LogP contribution in [0.2, 0.25) is 0 Å². The van der Waals surface area contributed by atoms with Gasteiger partial charge in [-0.1, -0.05) is 18.2 Å². The van der Waals surface area contributed by atoms with Crippen molar-refractivity contribution < 1.29 is 12.8 Å². The standard InChI is InChI=1S/C15H22FNO2S/c1-14(2,20(3,18)19)10-17-11-15(8-9-15)12-6-4-5-7-13(12)16/h4-7,17H,8-11H2,1-3H3. The van der Waals surface area contributed by atoms with E-state index in [1.807, 2.05) is 12.1 Å². The van der Waals surface area contributed by atoms with E-state index in [2.05, 4.69) is 5.32 Å². The fraction of sp³-hybridized carbons (Fsp3) is 0.600. The number of benzene rings is 1. The highest BCUT2D eigenvalue weighted by Gasteiger charge is 2.45. The zero-order valence-corrected chi connectivity index (χ0v) is 13.1. The Hall–Kier alpha value is -0.940. The van der Waals surface area contributed by atoms with Crippen molar-refractivity contribution in [2.75, 3.05) is 19.3 Å². The van der Waals surface area contributed by atoms with Crippen LogP contribution in [0.1, 0.15) is 32.3 Å². The van der Waals surface area contributed by atoms with E-state index in [1.54, 1.807) is 19.9 Å². The quantitative estimate of drug-likeness (QED) is 0.876. The Morgan fingerprint density at radius 3 is 2.40 bits per heavy atom. The molecule has 0 amide bonds. The predicted molar refractivity (Wildman–Crippen MR) is 79.1 cm³/mol. The van der Waals surface area contributed by atoms with Crippen LogP contribution in [0.15, 0.2) is 24.3 Å². The van der Waals surface area contributed by atoms with Crippen molar-refractivity contribution in [3.05, 3.63) is 35.6 Å². The SMILES string of the molecule is CC(C)(CNCC1(c2ccccc2F)CC1)S(C)(=O)=O. The van der Waals surface area contributed by atoms with E-state index in [1.165, 1.54) is 12.3 Å². The first-order valence-corrected chi connectivity index (χ1v) is 8.72. The molecule has 0 spiro atoms. The van der Waals surface area contributed by atoms with E-state index in [9.17, 15) is 12.8 Å². The van der Waals surface area contributed by atoms with Crippen molar-refractivity contribution >= 4 is 9.84 Å². The van der Waals surface area contributed by atoms with Gasteiger partial charge in [0, 0.05) is 24.8 Å². The molecule has 1 saturated carbocycles. The van der Waals surface area contributed by atoms with Crippen LogP contribution in [-0.4, -0.2) is 32.5 Å². The molecule has 1 aromatic rings. The van der Waals surface area contributed by atoms with Crippen molar-refractivity contribution in [2.45, 2.75) is 36.9 Å². The molecule has 1 N–H and O–H groups in total. The van der Waals surface area contributed by atoms with E-state index < -0.39 is 14.6 Å². The lowest BCUT2D eigenvalue weighted by atomic mass is 9.95. The molecule has 0 heterocycles. The zero-order valence-electron chi connectivity index (χ0n) is 12.2. The monoisotopic (exact) mass is 299 g/mol. The van der Waals surface area contributed by atoms with Gasteiger partial charge in [-0.2, -0.15) is 0 Å². The van der Waals surface area contributed by atoms with Crippen molar-refractivity contribution in [1.82, 2.24) is 5.32 Å². The lowest BCUT2D eigenvalue weighted by Crippen LogP contribution is -2.43. The van der Waals surface area contributed by atoms with Gasteiger partial charge in [-0.05, 0) is 38.3 Å². The van der Waals surface area contributed by atoms with Crippen LogP contribution in [0.5, 0.6) is 0 Å². The molecule has 0 aromatic heterocycles. The van der Waals surface area contributed by atoms with E-state index >= 15 is 0 Å². The van der Waals surface area contributed by atoms with Crippen LogP contribution in [-0.2, 0) is 15.3 Å². The second-order valence-corrected chi connectivity index (χ2v) is 9.05. The Morgan fingerprint density at radius 1 is 1.30 bits per heavy atom. The molecule has 2 rings (SSSR count). The van der Waals surface area contributed by atoms with Crippen molar-refractivity contribution in [3.8, 4) is 0 Å². The summed E-state index contributed by atoms with van der Waals surface area (Å²) in [6.07, 6.45) is 3.14. The van der Waals surface area contributed by atoms with Gasteiger partial charge in [0.1, 0.15) is 5.82 Å². The molecule has 1 aliphatic carbocycles. The molecule has 0 radical (unpaired) electrons. The molecule has 0 aliphatic heterocycles. The summed E-state index contributed by atoms with van der Waals surface area (Å²) in [7, 11) is -3.11. The summed E-state index contributed by atoms with van der Waals surface area (Å²) >= 11 is 0. The van der Waals surface area contributed by atoms with Gasteiger partial charge in [0.2, 0.25) is 0 Å². The summed E-state index contributed by atoms with van der Waals surface area (Å²) in [5.74, 6) is -0.172. The largest absolute Gasteiger partial charge is 0.314 e. The molecule has 1 aromatic carbocycles. The maximum absolute atomic E-state index is 13.9. The molecule has 5 heteroatoms.